The second kappa shape index (κ2) is 12.0. The van der Waals surface area contributed by atoms with Gasteiger partial charge in [-0.3, -0.25) is 0 Å². The van der Waals surface area contributed by atoms with E-state index in [4.69, 9.17) is 10.2 Å². The van der Waals surface area contributed by atoms with E-state index >= 15 is 0 Å². The number of aromatic amines is 1. The van der Waals surface area contributed by atoms with Crippen molar-refractivity contribution in [3.05, 3.63) is 174 Å². The lowest BCUT2D eigenvalue weighted by atomic mass is 9.83. The van der Waals surface area contributed by atoms with Crippen LogP contribution in [-0.4, -0.2) is 20.4 Å². The van der Waals surface area contributed by atoms with Gasteiger partial charge in [-0.15, -0.1) is 10.2 Å². The average molecular weight is 667 g/mol. The molecule has 7 aromatic carbocycles. The highest BCUT2D eigenvalue weighted by molar-refractivity contribution is 6.16. The standard InChI is InChI=1S/C48H34N4/c1-29-27-40-35-21-10-9-19-33(35)28-41(40)43(30(29)2)45-46(32-17-7-4-8-18-32)50-52-51-48(45)44-38(25-26-39-37-23-13-14-24-42(37)49-47(39)44)36-22-12-11-20-34(36)31-15-5-3-6-16-31/h3-27,49H,28H2,1-2H3. The fourth-order valence-electron chi connectivity index (χ4n) is 8.37. The van der Waals surface area contributed by atoms with Crippen molar-refractivity contribution in [3.63, 3.8) is 0 Å². The molecular weight excluding hydrogens is 633 g/mol. The Morgan fingerprint density at radius 3 is 1.94 bits per heavy atom. The molecule has 0 saturated heterocycles. The zero-order chi connectivity index (χ0) is 34.8. The Morgan fingerprint density at radius 1 is 0.481 bits per heavy atom. The van der Waals surface area contributed by atoms with Gasteiger partial charge in [-0.2, -0.15) is 0 Å². The van der Waals surface area contributed by atoms with Gasteiger partial charge in [0.05, 0.1) is 5.52 Å². The molecule has 0 fully saturated rings. The summed E-state index contributed by atoms with van der Waals surface area (Å²) >= 11 is 0. The van der Waals surface area contributed by atoms with E-state index in [2.05, 4.69) is 176 Å². The molecule has 1 N–H and O–H groups in total. The van der Waals surface area contributed by atoms with Crippen LogP contribution in [0.4, 0.5) is 0 Å². The van der Waals surface area contributed by atoms with E-state index in [9.17, 15) is 0 Å². The first kappa shape index (κ1) is 30.2. The number of nitrogens with zero attached hydrogens (tertiary/aromatic N) is 3. The number of aryl methyl sites for hydroxylation is 1. The summed E-state index contributed by atoms with van der Waals surface area (Å²) in [4.78, 5) is 3.86. The summed E-state index contributed by atoms with van der Waals surface area (Å²) in [5, 5.41) is 16.9. The van der Waals surface area contributed by atoms with Crippen molar-refractivity contribution in [3.8, 4) is 67.0 Å². The van der Waals surface area contributed by atoms with E-state index in [-0.39, 0.29) is 0 Å². The van der Waals surface area contributed by atoms with Gasteiger partial charge in [-0.05, 0) is 92.7 Å². The van der Waals surface area contributed by atoms with Crippen LogP contribution in [0.25, 0.3) is 88.8 Å². The first-order chi connectivity index (χ1) is 25.7. The number of hydrogen-bond donors (Lipinski definition) is 1. The van der Waals surface area contributed by atoms with Gasteiger partial charge < -0.3 is 4.98 Å². The Balaban J connectivity index is 1.37. The lowest BCUT2D eigenvalue weighted by Crippen LogP contribution is -2.05. The number of para-hydroxylation sites is 1. The molecule has 0 atom stereocenters. The molecule has 10 rings (SSSR count). The lowest BCUT2D eigenvalue weighted by molar-refractivity contribution is 0.878. The zero-order valence-electron chi connectivity index (χ0n) is 29.0. The van der Waals surface area contributed by atoms with Gasteiger partial charge in [0.25, 0.3) is 0 Å². The first-order valence-electron chi connectivity index (χ1n) is 17.8. The van der Waals surface area contributed by atoms with E-state index in [1.165, 1.54) is 44.3 Å². The molecule has 0 spiro atoms. The number of H-pyrrole nitrogens is 1. The van der Waals surface area contributed by atoms with Gasteiger partial charge in [0, 0.05) is 33.0 Å². The van der Waals surface area contributed by atoms with Crippen LogP contribution in [0.3, 0.4) is 0 Å². The average Bonchev–Trinajstić information content (AvgIpc) is 3.77. The molecule has 0 amide bonds. The van der Waals surface area contributed by atoms with Crippen LogP contribution in [0.2, 0.25) is 0 Å². The molecular formula is C48H34N4. The largest absolute Gasteiger partial charge is 0.354 e. The van der Waals surface area contributed by atoms with Crippen LogP contribution in [0, 0.1) is 13.8 Å². The van der Waals surface area contributed by atoms with Gasteiger partial charge in [0.15, 0.2) is 0 Å². The first-order valence-corrected chi connectivity index (χ1v) is 17.8. The van der Waals surface area contributed by atoms with Gasteiger partial charge in [0.2, 0.25) is 0 Å². The van der Waals surface area contributed by atoms with Crippen LogP contribution in [-0.2, 0) is 6.42 Å². The molecule has 2 heterocycles. The van der Waals surface area contributed by atoms with Crippen LogP contribution < -0.4 is 0 Å². The fraction of sp³-hybridized carbons (Fsp3) is 0.0625. The van der Waals surface area contributed by atoms with Crippen LogP contribution in [0.5, 0.6) is 0 Å². The third-order valence-corrected chi connectivity index (χ3v) is 10.9. The van der Waals surface area contributed by atoms with Crippen LogP contribution in [0.15, 0.2) is 152 Å². The molecule has 0 aliphatic heterocycles. The Labute approximate surface area is 302 Å². The molecule has 4 nitrogen and oxygen atoms in total. The number of aromatic nitrogens is 4. The van der Waals surface area contributed by atoms with E-state index in [1.54, 1.807) is 0 Å². The maximum Gasteiger partial charge on any atom is 0.108 e. The van der Waals surface area contributed by atoms with Crippen LogP contribution in [0.1, 0.15) is 22.3 Å². The number of benzene rings is 7. The predicted octanol–water partition coefficient (Wildman–Crippen LogP) is 12.0. The predicted molar refractivity (Wildman–Crippen MR) is 214 cm³/mol. The van der Waals surface area contributed by atoms with Crippen molar-refractivity contribution in [2.45, 2.75) is 20.3 Å². The monoisotopic (exact) mass is 666 g/mol. The van der Waals surface area contributed by atoms with Gasteiger partial charge >= 0.3 is 0 Å². The number of nitrogens with one attached hydrogen (secondary N) is 1. The van der Waals surface area contributed by atoms with E-state index < -0.39 is 0 Å². The molecule has 0 radical (unpaired) electrons. The van der Waals surface area contributed by atoms with E-state index in [0.717, 1.165) is 73.2 Å². The van der Waals surface area contributed by atoms with Crippen molar-refractivity contribution in [2.75, 3.05) is 0 Å². The van der Waals surface area contributed by atoms with Crippen molar-refractivity contribution >= 4 is 21.8 Å². The Hall–Kier alpha value is -6.65. The van der Waals surface area contributed by atoms with Crippen LogP contribution >= 0.6 is 0 Å². The SMILES string of the molecule is Cc1cc2c(c(-c3c(-c4ccccc4)nnnc3-c3c(-c4ccccc4-c4ccccc4)ccc4c3[nH]c3ccccc34)c1C)Cc1ccccc1-2. The normalized spacial score (nSPS) is 12.0. The second-order valence-electron chi connectivity index (χ2n) is 13.8. The summed E-state index contributed by atoms with van der Waals surface area (Å²) < 4.78 is 0. The molecule has 0 unspecified atom stereocenters. The quantitative estimate of drug-likeness (QED) is 0.199. The second-order valence-corrected chi connectivity index (χ2v) is 13.8. The number of rotatable bonds is 5. The summed E-state index contributed by atoms with van der Waals surface area (Å²) in [6.07, 6.45) is 0.845. The molecule has 246 valence electrons. The summed E-state index contributed by atoms with van der Waals surface area (Å²) in [5.74, 6) is 0. The van der Waals surface area contributed by atoms with Crippen molar-refractivity contribution < 1.29 is 0 Å². The van der Waals surface area contributed by atoms with Crippen molar-refractivity contribution in [2.24, 2.45) is 0 Å². The maximum atomic E-state index is 5.08. The zero-order valence-corrected chi connectivity index (χ0v) is 29.0. The van der Waals surface area contributed by atoms with E-state index in [1.807, 2.05) is 0 Å². The third kappa shape index (κ3) is 4.65. The van der Waals surface area contributed by atoms with Crippen molar-refractivity contribution in [1.82, 2.24) is 20.4 Å². The third-order valence-electron chi connectivity index (χ3n) is 10.9. The van der Waals surface area contributed by atoms with Gasteiger partial charge in [-0.25, -0.2) is 0 Å². The number of hydrogen-bond acceptors (Lipinski definition) is 3. The molecule has 1 aliphatic rings. The minimum absolute atomic E-state index is 0.815. The lowest BCUT2D eigenvalue weighted by Gasteiger charge is -2.22. The summed E-state index contributed by atoms with van der Waals surface area (Å²) in [6.45, 7) is 4.48. The number of fused-ring (bicyclic) bond motifs is 6. The summed E-state index contributed by atoms with van der Waals surface area (Å²) in [7, 11) is 0. The molecule has 1 aliphatic carbocycles. The van der Waals surface area contributed by atoms with Crippen molar-refractivity contribution in [1.29, 1.82) is 0 Å². The smallest absolute Gasteiger partial charge is 0.108 e. The van der Waals surface area contributed by atoms with Gasteiger partial charge in [0.1, 0.15) is 11.4 Å². The maximum absolute atomic E-state index is 5.08. The Bertz CT molecular complexity index is 2830. The Kier molecular flexibility index (Phi) is 6.97. The Morgan fingerprint density at radius 2 is 1.13 bits per heavy atom. The summed E-state index contributed by atoms with van der Waals surface area (Å²) in [6, 6.07) is 54.0. The molecule has 0 saturated carbocycles. The highest BCUT2D eigenvalue weighted by Crippen LogP contribution is 2.51. The molecule has 0 bridgehead atoms. The minimum Gasteiger partial charge on any atom is -0.354 e. The fourth-order valence-corrected chi connectivity index (χ4v) is 8.37. The highest BCUT2D eigenvalue weighted by atomic mass is 15.3. The topological polar surface area (TPSA) is 54.5 Å². The highest BCUT2D eigenvalue weighted by Gasteiger charge is 2.31. The molecule has 2 aromatic heterocycles. The van der Waals surface area contributed by atoms with Gasteiger partial charge in [-0.1, -0.05) is 146 Å². The molecule has 9 aromatic rings. The van der Waals surface area contributed by atoms with E-state index in [0.29, 0.717) is 0 Å². The summed E-state index contributed by atoms with van der Waals surface area (Å²) in [5.41, 5.74) is 20.3. The minimum atomic E-state index is 0.815. The molecule has 52 heavy (non-hydrogen) atoms. The molecule has 4 heteroatoms.